The van der Waals surface area contributed by atoms with Gasteiger partial charge in [-0.3, -0.25) is 0 Å². The molecule has 6 nitrogen and oxygen atoms in total. The minimum atomic E-state index is -3.42. The molecule has 0 aliphatic carbocycles. The van der Waals surface area contributed by atoms with E-state index >= 15 is 0 Å². The second kappa shape index (κ2) is 7.04. The van der Waals surface area contributed by atoms with E-state index in [1.807, 2.05) is 19.9 Å². The number of nitrogens with zero attached hydrogens (tertiary/aromatic N) is 3. The molecular formula is C11H22N4O2S. The van der Waals surface area contributed by atoms with Gasteiger partial charge in [-0.05, 0) is 5.92 Å². The molecule has 0 amide bonds. The Morgan fingerprint density at radius 1 is 1.39 bits per heavy atom. The Hall–Kier alpha value is -0.680. The van der Waals surface area contributed by atoms with Crippen molar-refractivity contribution in [1.82, 2.24) is 13.9 Å². The summed E-state index contributed by atoms with van der Waals surface area (Å²) >= 11 is 0. The Labute approximate surface area is 110 Å². The Kier molecular flexibility index (Phi) is 6.02. The summed E-state index contributed by atoms with van der Waals surface area (Å²) in [6, 6.07) is 2.01. The van der Waals surface area contributed by atoms with E-state index in [9.17, 15) is 8.42 Å². The molecule has 1 aliphatic rings. The maximum atomic E-state index is 12.4. The van der Waals surface area contributed by atoms with Crippen LogP contribution in [0.2, 0.25) is 0 Å². The highest BCUT2D eigenvalue weighted by molar-refractivity contribution is 7.86. The highest BCUT2D eigenvalue weighted by Gasteiger charge is 2.30. The number of nitriles is 1. The Morgan fingerprint density at radius 2 is 2.00 bits per heavy atom. The molecule has 0 aromatic heterocycles. The van der Waals surface area contributed by atoms with E-state index in [4.69, 9.17) is 5.26 Å². The lowest BCUT2D eigenvalue weighted by molar-refractivity contribution is 0.299. The van der Waals surface area contributed by atoms with Crippen molar-refractivity contribution in [2.24, 2.45) is 5.92 Å². The molecule has 104 valence electrons. The lowest BCUT2D eigenvalue weighted by atomic mass is 10.2. The summed E-state index contributed by atoms with van der Waals surface area (Å²) in [7, 11) is -3.42. The molecule has 1 saturated heterocycles. The van der Waals surface area contributed by atoms with Crippen molar-refractivity contribution in [3.05, 3.63) is 0 Å². The molecule has 1 N–H and O–H groups in total. The molecule has 7 heteroatoms. The number of hydrogen-bond donors (Lipinski definition) is 1. The summed E-state index contributed by atoms with van der Waals surface area (Å²) in [5.74, 6) is 0.251. The number of nitrogens with one attached hydrogen (secondary N) is 1. The Bertz CT molecular complexity index is 382. The Balaban J connectivity index is 2.77. The third-order valence-corrected chi connectivity index (χ3v) is 4.77. The molecule has 1 aliphatic heterocycles. The largest absolute Gasteiger partial charge is 0.314 e. The van der Waals surface area contributed by atoms with E-state index in [0.717, 1.165) is 0 Å². The lowest BCUT2D eigenvalue weighted by Crippen LogP contribution is -2.52. The zero-order chi connectivity index (χ0) is 13.6. The zero-order valence-electron chi connectivity index (χ0n) is 11.1. The first-order valence-corrected chi connectivity index (χ1v) is 7.71. The average molecular weight is 274 g/mol. The molecule has 0 aromatic rings. The first-order valence-electron chi connectivity index (χ1n) is 6.31. The standard InChI is InChI=1S/C11H22N4O2S/c1-11(2)10-15(7-3-4-12)18(16,17)14-8-5-13-6-9-14/h11,13H,3,5-10H2,1-2H3. The highest BCUT2D eigenvalue weighted by Crippen LogP contribution is 2.12. The van der Waals surface area contributed by atoms with Gasteiger partial charge >= 0.3 is 0 Å². The minimum absolute atomic E-state index is 0.234. The van der Waals surface area contributed by atoms with Gasteiger partial charge in [0.05, 0.1) is 6.07 Å². The summed E-state index contributed by atoms with van der Waals surface area (Å²) in [6.07, 6.45) is 0.234. The van der Waals surface area contributed by atoms with Gasteiger partial charge in [-0.1, -0.05) is 13.8 Å². The van der Waals surface area contributed by atoms with Crippen molar-refractivity contribution < 1.29 is 8.42 Å². The van der Waals surface area contributed by atoms with Gasteiger partial charge in [0, 0.05) is 45.7 Å². The van der Waals surface area contributed by atoms with Crippen LogP contribution in [-0.4, -0.2) is 56.3 Å². The van der Waals surface area contributed by atoms with Gasteiger partial charge in [0.15, 0.2) is 0 Å². The van der Waals surface area contributed by atoms with Crippen LogP contribution in [0, 0.1) is 17.2 Å². The molecular weight excluding hydrogens is 252 g/mol. The van der Waals surface area contributed by atoms with Gasteiger partial charge in [-0.2, -0.15) is 22.3 Å². The SMILES string of the molecule is CC(C)CN(CCC#N)S(=O)(=O)N1CCNCC1. The van der Waals surface area contributed by atoms with E-state index in [-0.39, 0.29) is 18.9 Å². The van der Waals surface area contributed by atoms with Crippen LogP contribution in [-0.2, 0) is 10.2 Å². The summed E-state index contributed by atoms with van der Waals surface area (Å²) in [6.45, 7) is 7.08. The molecule has 18 heavy (non-hydrogen) atoms. The maximum Gasteiger partial charge on any atom is 0.282 e. The summed E-state index contributed by atoms with van der Waals surface area (Å²) < 4.78 is 27.8. The van der Waals surface area contributed by atoms with Gasteiger partial charge in [-0.15, -0.1) is 0 Å². The van der Waals surface area contributed by atoms with Crippen LogP contribution in [0.1, 0.15) is 20.3 Å². The van der Waals surface area contributed by atoms with Crippen LogP contribution in [0.5, 0.6) is 0 Å². The molecule has 0 saturated carbocycles. The quantitative estimate of drug-likeness (QED) is 0.740. The van der Waals surface area contributed by atoms with Crippen LogP contribution in [0.4, 0.5) is 0 Å². The number of rotatable bonds is 6. The van der Waals surface area contributed by atoms with Gasteiger partial charge in [0.25, 0.3) is 10.2 Å². The van der Waals surface area contributed by atoms with Crippen molar-refractivity contribution in [3.63, 3.8) is 0 Å². The molecule has 0 spiro atoms. The molecule has 0 aromatic carbocycles. The molecule has 1 rings (SSSR count). The second-order valence-corrected chi connectivity index (χ2v) is 6.75. The predicted octanol–water partition coefficient (Wildman–Crippen LogP) is 0.00808. The molecule has 0 unspecified atom stereocenters. The topological polar surface area (TPSA) is 76.4 Å². The fourth-order valence-corrected chi connectivity index (χ4v) is 3.70. The normalized spacial score (nSPS) is 18.2. The van der Waals surface area contributed by atoms with Crippen molar-refractivity contribution >= 4 is 10.2 Å². The average Bonchev–Trinajstić information content (AvgIpc) is 2.35. The van der Waals surface area contributed by atoms with Gasteiger partial charge in [0.1, 0.15) is 0 Å². The van der Waals surface area contributed by atoms with Crippen molar-refractivity contribution in [1.29, 1.82) is 5.26 Å². The van der Waals surface area contributed by atoms with Gasteiger partial charge in [0.2, 0.25) is 0 Å². The fraction of sp³-hybridized carbons (Fsp3) is 0.909. The number of piperazine rings is 1. The molecule has 1 heterocycles. The van der Waals surface area contributed by atoms with Crippen LogP contribution >= 0.6 is 0 Å². The van der Waals surface area contributed by atoms with E-state index in [2.05, 4.69) is 5.32 Å². The van der Waals surface area contributed by atoms with E-state index in [1.165, 1.54) is 8.61 Å². The molecule has 1 fully saturated rings. The predicted molar refractivity (Wildman–Crippen MR) is 70.0 cm³/mol. The Morgan fingerprint density at radius 3 is 2.50 bits per heavy atom. The first kappa shape index (κ1) is 15.4. The minimum Gasteiger partial charge on any atom is -0.314 e. The summed E-state index contributed by atoms with van der Waals surface area (Å²) in [4.78, 5) is 0. The van der Waals surface area contributed by atoms with E-state index in [0.29, 0.717) is 32.7 Å². The van der Waals surface area contributed by atoms with Crippen LogP contribution < -0.4 is 5.32 Å². The summed E-state index contributed by atoms with van der Waals surface area (Å²) in [5.41, 5.74) is 0. The van der Waals surface area contributed by atoms with Gasteiger partial charge in [-0.25, -0.2) is 0 Å². The van der Waals surface area contributed by atoms with Gasteiger partial charge < -0.3 is 5.32 Å². The first-order chi connectivity index (χ1) is 8.48. The maximum absolute atomic E-state index is 12.4. The zero-order valence-corrected chi connectivity index (χ0v) is 11.9. The monoisotopic (exact) mass is 274 g/mol. The van der Waals surface area contributed by atoms with Crippen molar-refractivity contribution in [2.75, 3.05) is 39.3 Å². The highest BCUT2D eigenvalue weighted by atomic mass is 32.2. The van der Waals surface area contributed by atoms with Crippen molar-refractivity contribution in [3.8, 4) is 6.07 Å². The lowest BCUT2D eigenvalue weighted by Gasteiger charge is -2.32. The summed E-state index contributed by atoms with van der Waals surface area (Å²) in [5, 5.41) is 11.8. The van der Waals surface area contributed by atoms with Crippen LogP contribution in [0.25, 0.3) is 0 Å². The van der Waals surface area contributed by atoms with E-state index in [1.54, 1.807) is 0 Å². The van der Waals surface area contributed by atoms with Crippen molar-refractivity contribution in [2.45, 2.75) is 20.3 Å². The van der Waals surface area contributed by atoms with Crippen LogP contribution in [0.3, 0.4) is 0 Å². The molecule has 0 bridgehead atoms. The molecule has 0 atom stereocenters. The third kappa shape index (κ3) is 4.21. The smallest absolute Gasteiger partial charge is 0.282 e. The third-order valence-electron chi connectivity index (χ3n) is 2.77. The fourth-order valence-electron chi connectivity index (χ4n) is 1.92. The van der Waals surface area contributed by atoms with E-state index < -0.39 is 10.2 Å². The second-order valence-electron chi connectivity index (χ2n) is 4.82. The van der Waals surface area contributed by atoms with Crippen LogP contribution in [0.15, 0.2) is 0 Å². The molecule has 0 radical (unpaired) electrons. The number of hydrogen-bond acceptors (Lipinski definition) is 4.